The first-order chi connectivity index (χ1) is 6.68. The van der Waals surface area contributed by atoms with Gasteiger partial charge in [0.2, 0.25) is 0 Å². The highest BCUT2D eigenvalue weighted by atomic mass is 16.3. The van der Waals surface area contributed by atoms with Crippen molar-refractivity contribution in [2.24, 2.45) is 5.73 Å². The van der Waals surface area contributed by atoms with E-state index in [1.54, 1.807) is 24.5 Å². The van der Waals surface area contributed by atoms with Crippen LogP contribution in [0.2, 0.25) is 0 Å². The third kappa shape index (κ3) is 1.24. The van der Waals surface area contributed by atoms with Gasteiger partial charge < -0.3 is 20.9 Å². The SMILES string of the molecule is N=C(N)c1[nH]c(-c2ccco2)cc1N. The normalized spacial score (nSPS) is 10.3. The van der Waals surface area contributed by atoms with Crippen molar-refractivity contribution in [1.29, 1.82) is 5.41 Å². The zero-order chi connectivity index (χ0) is 10.1. The molecule has 0 radical (unpaired) electrons. The van der Waals surface area contributed by atoms with E-state index in [1.165, 1.54) is 0 Å². The van der Waals surface area contributed by atoms with Crippen molar-refractivity contribution < 1.29 is 4.42 Å². The van der Waals surface area contributed by atoms with E-state index in [1.807, 2.05) is 0 Å². The minimum atomic E-state index is -0.0830. The van der Waals surface area contributed by atoms with Crippen LogP contribution in [0.4, 0.5) is 5.69 Å². The Balaban J connectivity index is 2.48. The van der Waals surface area contributed by atoms with Crippen LogP contribution in [-0.4, -0.2) is 10.8 Å². The van der Waals surface area contributed by atoms with Crippen molar-refractivity contribution in [2.45, 2.75) is 0 Å². The average Bonchev–Trinajstić information content (AvgIpc) is 2.70. The minimum absolute atomic E-state index is 0.0830. The molecule has 5 nitrogen and oxygen atoms in total. The molecule has 2 heterocycles. The highest BCUT2D eigenvalue weighted by Gasteiger charge is 2.10. The fraction of sp³-hybridized carbons (Fsp3) is 0. The molecule has 0 aliphatic rings. The number of nitrogens with two attached hydrogens (primary N) is 2. The molecule has 0 atom stereocenters. The van der Waals surface area contributed by atoms with E-state index in [9.17, 15) is 0 Å². The van der Waals surface area contributed by atoms with E-state index in [-0.39, 0.29) is 5.84 Å². The van der Waals surface area contributed by atoms with Gasteiger partial charge in [0.25, 0.3) is 0 Å². The van der Waals surface area contributed by atoms with Crippen LogP contribution in [0.15, 0.2) is 28.9 Å². The van der Waals surface area contributed by atoms with Gasteiger partial charge in [-0.2, -0.15) is 0 Å². The smallest absolute Gasteiger partial charge is 0.150 e. The van der Waals surface area contributed by atoms with Crippen molar-refractivity contribution in [3.63, 3.8) is 0 Å². The molecule has 0 amide bonds. The Labute approximate surface area is 80.2 Å². The summed E-state index contributed by atoms with van der Waals surface area (Å²) < 4.78 is 5.17. The van der Waals surface area contributed by atoms with Crippen LogP contribution in [-0.2, 0) is 0 Å². The summed E-state index contributed by atoms with van der Waals surface area (Å²) in [6.07, 6.45) is 1.57. The molecule has 0 aliphatic heterocycles. The Morgan fingerprint density at radius 1 is 1.50 bits per heavy atom. The van der Waals surface area contributed by atoms with Gasteiger partial charge in [-0.15, -0.1) is 0 Å². The molecule has 0 aliphatic carbocycles. The highest BCUT2D eigenvalue weighted by Crippen LogP contribution is 2.23. The molecule has 2 aromatic heterocycles. The van der Waals surface area contributed by atoms with Crippen molar-refractivity contribution in [3.8, 4) is 11.5 Å². The third-order valence-corrected chi connectivity index (χ3v) is 1.90. The highest BCUT2D eigenvalue weighted by molar-refractivity contribution is 5.99. The Kier molecular flexibility index (Phi) is 1.78. The van der Waals surface area contributed by atoms with Crippen molar-refractivity contribution in [1.82, 2.24) is 4.98 Å². The number of nitrogens with one attached hydrogen (secondary N) is 2. The van der Waals surface area contributed by atoms with Gasteiger partial charge in [0.1, 0.15) is 17.3 Å². The number of rotatable bonds is 2. The lowest BCUT2D eigenvalue weighted by Gasteiger charge is -1.94. The van der Waals surface area contributed by atoms with Crippen LogP contribution in [0.3, 0.4) is 0 Å². The minimum Gasteiger partial charge on any atom is -0.463 e. The van der Waals surface area contributed by atoms with E-state index in [2.05, 4.69) is 4.98 Å². The van der Waals surface area contributed by atoms with Crippen molar-refractivity contribution >= 4 is 11.5 Å². The number of aromatic amines is 1. The number of anilines is 1. The van der Waals surface area contributed by atoms with Crippen LogP contribution in [0.25, 0.3) is 11.5 Å². The largest absolute Gasteiger partial charge is 0.463 e. The van der Waals surface area contributed by atoms with Gasteiger partial charge in [-0.3, -0.25) is 5.41 Å². The Morgan fingerprint density at radius 2 is 2.29 bits per heavy atom. The zero-order valence-electron chi connectivity index (χ0n) is 7.37. The fourth-order valence-corrected chi connectivity index (χ4v) is 1.26. The van der Waals surface area contributed by atoms with Crippen LogP contribution in [0, 0.1) is 5.41 Å². The van der Waals surface area contributed by atoms with Crippen molar-refractivity contribution in [3.05, 3.63) is 30.2 Å². The van der Waals surface area contributed by atoms with Crippen molar-refractivity contribution in [2.75, 3.05) is 5.73 Å². The number of H-pyrrole nitrogens is 1. The lowest BCUT2D eigenvalue weighted by molar-refractivity contribution is 0.580. The Bertz CT molecular complexity index is 455. The fourth-order valence-electron chi connectivity index (χ4n) is 1.26. The summed E-state index contributed by atoms with van der Waals surface area (Å²) >= 11 is 0. The standard InChI is InChI=1S/C9H10N4O/c10-5-4-6(7-2-1-3-14-7)13-8(5)9(11)12/h1-4,13H,10H2,(H3,11,12). The molecule has 14 heavy (non-hydrogen) atoms. The molecule has 0 unspecified atom stereocenters. The monoisotopic (exact) mass is 190 g/mol. The van der Waals surface area contributed by atoms with E-state index in [0.29, 0.717) is 17.1 Å². The second kappa shape index (κ2) is 2.95. The molecule has 0 bridgehead atoms. The van der Waals surface area contributed by atoms with Gasteiger partial charge in [0.15, 0.2) is 0 Å². The molecule has 2 rings (SSSR count). The van der Waals surface area contributed by atoms with E-state index >= 15 is 0 Å². The molecule has 0 fully saturated rings. The van der Waals surface area contributed by atoms with Crippen LogP contribution < -0.4 is 11.5 Å². The zero-order valence-corrected chi connectivity index (χ0v) is 7.37. The Hall–Kier alpha value is -2.17. The molecule has 72 valence electrons. The topological polar surface area (TPSA) is 105 Å². The first-order valence-electron chi connectivity index (χ1n) is 4.05. The number of aromatic nitrogens is 1. The summed E-state index contributed by atoms with van der Waals surface area (Å²) in [6, 6.07) is 5.27. The van der Waals surface area contributed by atoms with Gasteiger partial charge in [-0.05, 0) is 18.2 Å². The maximum Gasteiger partial charge on any atom is 0.150 e. The molecule has 2 aromatic rings. The maximum atomic E-state index is 7.25. The van der Waals surface area contributed by atoms with E-state index < -0.39 is 0 Å². The maximum absolute atomic E-state index is 7.25. The van der Waals surface area contributed by atoms with Crippen LogP contribution >= 0.6 is 0 Å². The lowest BCUT2D eigenvalue weighted by Crippen LogP contribution is -2.13. The van der Waals surface area contributed by atoms with Gasteiger partial charge in [0.05, 0.1) is 17.6 Å². The van der Waals surface area contributed by atoms with Crippen LogP contribution in [0.5, 0.6) is 0 Å². The number of nitrogen functional groups attached to an aromatic ring is 2. The van der Waals surface area contributed by atoms with Gasteiger partial charge in [-0.25, -0.2) is 0 Å². The summed E-state index contributed by atoms with van der Waals surface area (Å²) in [7, 11) is 0. The summed E-state index contributed by atoms with van der Waals surface area (Å²) in [5, 5.41) is 7.25. The summed E-state index contributed by atoms with van der Waals surface area (Å²) in [4.78, 5) is 2.92. The van der Waals surface area contributed by atoms with Gasteiger partial charge >= 0.3 is 0 Å². The van der Waals surface area contributed by atoms with Crippen LogP contribution in [0.1, 0.15) is 5.69 Å². The second-order valence-corrected chi connectivity index (χ2v) is 2.90. The first kappa shape index (κ1) is 8.43. The summed E-state index contributed by atoms with van der Waals surface area (Å²) in [6.45, 7) is 0. The molecule has 0 saturated carbocycles. The van der Waals surface area contributed by atoms with E-state index in [0.717, 1.165) is 5.69 Å². The van der Waals surface area contributed by atoms with Gasteiger partial charge in [-0.1, -0.05) is 0 Å². The van der Waals surface area contributed by atoms with Gasteiger partial charge in [0, 0.05) is 0 Å². The summed E-state index contributed by atoms with van der Waals surface area (Å²) in [5.74, 6) is 0.588. The second-order valence-electron chi connectivity index (χ2n) is 2.90. The quantitative estimate of drug-likeness (QED) is 0.421. The predicted octanol–water partition coefficient (Wildman–Crippen LogP) is 1.14. The first-order valence-corrected chi connectivity index (χ1v) is 4.05. The molecule has 0 saturated heterocycles. The van der Waals surface area contributed by atoms with E-state index in [4.69, 9.17) is 21.3 Å². The number of amidine groups is 1. The summed E-state index contributed by atoms with van der Waals surface area (Å²) in [5.41, 5.74) is 12.6. The molecular formula is C9H10N4O. The average molecular weight is 190 g/mol. The number of hydrogen-bond acceptors (Lipinski definition) is 3. The third-order valence-electron chi connectivity index (χ3n) is 1.90. The molecule has 6 N–H and O–H groups in total. The molecule has 0 aromatic carbocycles. The number of hydrogen-bond donors (Lipinski definition) is 4. The predicted molar refractivity (Wildman–Crippen MR) is 53.9 cm³/mol. The molecule has 0 spiro atoms. The lowest BCUT2D eigenvalue weighted by atomic mass is 10.3. The number of furan rings is 1. The molecule has 5 heteroatoms. The Morgan fingerprint density at radius 3 is 2.79 bits per heavy atom. The molecular weight excluding hydrogens is 180 g/mol.